The number of carbonyl (C=O) groups is 1. The van der Waals surface area contributed by atoms with Gasteiger partial charge in [-0.1, -0.05) is 55.4 Å². The van der Waals surface area contributed by atoms with Crippen LogP contribution in [-0.4, -0.2) is 16.8 Å². The summed E-state index contributed by atoms with van der Waals surface area (Å²) in [7, 11) is 0. The molecular weight excluding hydrogens is 230 g/mol. The average molecular weight is 244 g/mol. The van der Waals surface area contributed by atoms with Gasteiger partial charge in [0.15, 0.2) is 0 Å². The van der Waals surface area contributed by atoms with E-state index in [0.717, 1.165) is 6.42 Å². The van der Waals surface area contributed by atoms with Gasteiger partial charge in [0.25, 0.3) is 0 Å². The fourth-order valence-corrected chi connectivity index (χ4v) is 2.11. The molecule has 0 amide bonds. The number of unbranched alkanes of at least 4 members (excludes halogenated alkanes) is 1. The molecule has 0 saturated heterocycles. The molecular formula is C12H14F2OS. The van der Waals surface area contributed by atoms with Crippen LogP contribution in [0.15, 0.2) is 30.3 Å². The van der Waals surface area contributed by atoms with Crippen LogP contribution < -0.4 is 0 Å². The van der Waals surface area contributed by atoms with E-state index < -0.39 is 11.0 Å². The molecule has 0 aliphatic rings. The van der Waals surface area contributed by atoms with Crippen molar-refractivity contribution in [3.63, 3.8) is 0 Å². The predicted molar refractivity (Wildman–Crippen MR) is 63.1 cm³/mol. The Hall–Kier alpha value is -0.900. The first kappa shape index (κ1) is 13.2. The molecule has 0 radical (unpaired) electrons. The summed E-state index contributed by atoms with van der Waals surface area (Å²) < 4.78 is 26.9. The Kier molecular flexibility index (Phi) is 4.93. The number of hydrogen-bond acceptors (Lipinski definition) is 2. The molecule has 0 N–H and O–H groups in total. The minimum Gasteiger partial charge on any atom is -0.286 e. The number of benzene rings is 1. The molecule has 0 heterocycles. The van der Waals surface area contributed by atoms with Crippen LogP contribution in [0.3, 0.4) is 0 Å². The van der Waals surface area contributed by atoms with E-state index in [1.54, 1.807) is 18.2 Å². The summed E-state index contributed by atoms with van der Waals surface area (Å²) in [4.78, 5) is 11.5. The van der Waals surface area contributed by atoms with E-state index in [1.807, 2.05) is 6.92 Å². The summed E-state index contributed by atoms with van der Waals surface area (Å²) in [6.45, 7) is 1.93. The summed E-state index contributed by atoms with van der Waals surface area (Å²) in [5, 5.41) is -3.31. The van der Waals surface area contributed by atoms with Crippen molar-refractivity contribution in [1.29, 1.82) is 0 Å². The van der Waals surface area contributed by atoms with Gasteiger partial charge in [-0.05, 0) is 12.2 Å². The van der Waals surface area contributed by atoms with Crippen molar-refractivity contribution in [1.82, 2.24) is 0 Å². The minimum atomic E-state index is -3.31. The minimum absolute atomic E-state index is 0.0662. The fourth-order valence-electron chi connectivity index (χ4n) is 1.17. The zero-order chi connectivity index (χ0) is 12.0. The topological polar surface area (TPSA) is 17.1 Å². The van der Waals surface area contributed by atoms with Gasteiger partial charge in [0, 0.05) is 5.56 Å². The van der Waals surface area contributed by atoms with Crippen LogP contribution in [0.2, 0.25) is 0 Å². The highest BCUT2D eigenvalue weighted by Gasteiger charge is 2.39. The Morgan fingerprint density at radius 1 is 1.31 bits per heavy atom. The molecule has 0 aromatic heterocycles. The largest absolute Gasteiger partial charge is 0.355 e. The van der Waals surface area contributed by atoms with Crippen LogP contribution in [0.4, 0.5) is 8.78 Å². The van der Waals surface area contributed by atoms with Gasteiger partial charge in [0.1, 0.15) is 0 Å². The second-order valence-corrected chi connectivity index (χ2v) is 4.62. The van der Waals surface area contributed by atoms with E-state index in [-0.39, 0.29) is 5.56 Å². The average Bonchev–Trinajstić information content (AvgIpc) is 2.29. The summed E-state index contributed by atoms with van der Waals surface area (Å²) in [5.74, 6) is -0.795. The van der Waals surface area contributed by atoms with E-state index in [0.29, 0.717) is 23.9 Å². The smallest absolute Gasteiger partial charge is 0.286 e. The van der Waals surface area contributed by atoms with Crippen LogP contribution in [0.1, 0.15) is 30.1 Å². The van der Waals surface area contributed by atoms with Gasteiger partial charge >= 0.3 is 5.25 Å². The lowest BCUT2D eigenvalue weighted by atomic mass is 10.1. The number of Topliss-reactive ketones (excluding diaryl/α,β-unsaturated/α-hetero) is 1. The Morgan fingerprint density at radius 3 is 2.50 bits per heavy atom. The fraction of sp³-hybridized carbons (Fsp3) is 0.417. The van der Waals surface area contributed by atoms with Crippen LogP contribution in [0, 0.1) is 0 Å². The number of thioether (sulfide) groups is 1. The van der Waals surface area contributed by atoms with Gasteiger partial charge in [-0.3, -0.25) is 4.79 Å². The molecule has 0 unspecified atom stereocenters. The van der Waals surface area contributed by atoms with Crippen LogP contribution >= 0.6 is 11.8 Å². The second-order valence-electron chi connectivity index (χ2n) is 3.41. The number of halogens is 2. The van der Waals surface area contributed by atoms with Gasteiger partial charge in [-0.25, -0.2) is 0 Å². The molecule has 1 nitrogen and oxygen atoms in total. The molecule has 0 aliphatic carbocycles. The zero-order valence-electron chi connectivity index (χ0n) is 9.08. The van der Waals surface area contributed by atoms with Gasteiger partial charge in [-0.15, -0.1) is 0 Å². The van der Waals surface area contributed by atoms with Crippen molar-refractivity contribution in [3.05, 3.63) is 35.9 Å². The first-order chi connectivity index (χ1) is 7.58. The highest BCUT2D eigenvalue weighted by Crippen LogP contribution is 2.33. The standard InChI is InChI=1S/C12H14F2OS/c1-2-3-9-16-12(13,14)11(15)10-7-5-4-6-8-10/h4-8H,2-3,9H2,1H3. The molecule has 0 aliphatic heterocycles. The molecule has 16 heavy (non-hydrogen) atoms. The number of carbonyl (C=O) groups excluding carboxylic acids is 1. The van der Waals surface area contributed by atoms with Crippen LogP contribution in [0.5, 0.6) is 0 Å². The van der Waals surface area contributed by atoms with E-state index in [2.05, 4.69) is 0 Å². The SMILES string of the molecule is CCCCSC(F)(F)C(=O)c1ccccc1. The molecule has 0 atom stereocenters. The Balaban J connectivity index is 2.65. The third-order valence-electron chi connectivity index (χ3n) is 2.08. The molecule has 1 aromatic rings. The van der Waals surface area contributed by atoms with Gasteiger partial charge in [0.05, 0.1) is 0 Å². The van der Waals surface area contributed by atoms with Crippen molar-refractivity contribution < 1.29 is 13.6 Å². The van der Waals surface area contributed by atoms with Crippen molar-refractivity contribution in [3.8, 4) is 0 Å². The molecule has 1 rings (SSSR count). The third kappa shape index (κ3) is 3.59. The van der Waals surface area contributed by atoms with E-state index in [4.69, 9.17) is 0 Å². The quantitative estimate of drug-likeness (QED) is 0.556. The van der Waals surface area contributed by atoms with Crippen LogP contribution in [-0.2, 0) is 0 Å². The van der Waals surface area contributed by atoms with Crippen LogP contribution in [0.25, 0.3) is 0 Å². The molecule has 4 heteroatoms. The van der Waals surface area contributed by atoms with Crippen molar-refractivity contribution in [2.45, 2.75) is 25.0 Å². The Morgan fingerprint density at radius 2 is 1.94 bits per heavy atom. The number of rotatable bonds is 6. The maximum Gasteiger partial charge on any atom is 0.355 e. The maximum absolute atomic E-state index is 13.4. The van der Waals surface area contributed by atoms with E-state index in [1.165, 1.54) is 12.1 Å². The first-order valence-electron chi connectivity index (χ1n) is 5.19. The van der Waals surface area contributed by atoms with E-state index in [9.17, 15) is 13.6 Å². The lowest BCUT2D eigenvalue weighted by molar-refractivity contribution is 0.0567. The molecule has 0 saturated carbocycles. The molecule has 0 fully saturated rings. The van der Waals surface area contributed by atoms with Gasteiger partial charge in [0.2, 0.25) is 5.78 Å². The molecule has 1 aromatic carbocycles. The van der Waals surface area contributed by atoms with Gasteiger partial charge < -0.3 is 0 Å². The lowest BCUT2D eigenvalue weighted by Gasteiger charge is -2.13. The van der Waals surface area contributed by atoms with Crippen molar-refractivity contribution in [2.24, 2.45) is 0 Å². The normalized spacial score (nSPS) is 11.4. The Labute approximate surface area is 98.2 Å². The summed E-state index contributed by atoms with van der Waals surface area (Å²) in [6.07, 6.45) is 1.55. The molecule has 0 spiro atoms. The number of ketones is 1. The van der Waals surface area contributed by atoms with Crippen molar-refractivity contribution >= 4 is 17.5 Å². The summed E-state index contributed by atoms with van der Waals surface area (Å²) in [5.41, 5.74) is 0.0662. The molecule has 88 valence electrons. The first-order valence-corrected chi connectivity index (χ1v) is 6.18. The predicted octanol–water partition coefficient (Wildman–Crippen LogP) is 4.00. The summed E-state index contributed by atoms with van der Waals surface area (Å²) in [6, 6.07) is 7.69. The van der Waals surface area contributed by atoms with E-state index >= 15 is 0 Å². The number of hydrogen-bond donors (Lipinski definition) is 0. The molecule has 0 bridgehead atoms. The van der Waals surface area contributed by atoms with Crippen molar-refractivity contribution in [2.75, 3.05) is 5.75 Å². The summed E-state index contributed by atoms with van der Waals surface area (Å²) >= 11 is 0.423. The zero-order valence-corrected chi connectivity index (χ0v) is 9.90. The monoisotopic (exact) mass is 244 g/mol. The Bertz CT molecular complexity index is 338. The third-order valence-corrected chi connectivity index (χ3v) is 3.12. The highest BCUT2D eigenvalue weighted by molar-refractivity contribution is 8.01. The second kappa shape index (κ2) is 5.99. The lowest BCUT2D eigenvalue weighted by Crippen LogP contribution is -2.25. The highest BCUT2D eigenvalue weighted by atomic mass is 32.2. The maximum atomic E-state index is 13.4. The van der Waals surface area contributed by atoms with Gasteiger partial charge in [-0.2, -0.15) is 8.78 Å². The number of alkyl halides is 2.